The van der Waals surface area contributed by atoms with Crippen LogP contribution in [0.5, 0.6) is 0 Å². The van der Waals surface area contributed by atoms with Crippen molar-refractivity contribution in [3.05, 3.63) is 48.7 Å². The molecule has 2 aromatic rings. The first kappa shape index (κ1) is 22.5. The molecule has 4 rings (SSSR count). The van der Waals surface area contributed by atoms with Crippen molar-refractivity contribution < 1.29 is 0 Å². The van der Waals surface area contributed by atoms with E-state index in [0.717, 1.165) is 40.9 Å². The standard InChI is InChI=1S/C22H29N5S.C2H6/c1-15-10-11-17-13-22(3,4)27(14-17)21-18(7-6-12-23-21)16(2)26-28-20-9-5-8-19(24-15)25-20;1-2/h5-9,12,15,17,26H,2,10-11,13-14H2,1,3-4H3,(H,24,25);1-2H3. The van der Waals surface area contributed by atoms with Crippen LogP contribution in [0.3, 0.4) is 0 Å². The molecule has 1 fully saturated rings. The number of fused-ring (bicyclic) bond motifs is 6. The molecule has 0 aliphatic carbocycles. The van der Waals surface area contributed by atoms with Gasteiger partial charge in [-0.1, -0.05) is 26.5 Å². The van der Waals surface area contributed by atoms with E-state index >= 15 is 0 Å². The van der Waals surface area contributed by atoms with Crippen LogP contribution in [0.15, 0.2) is 48.1 Å². The second-order valence-electron chi connectivity index (χ2n) is 8.53. The summed E-state index contributed by atoms with van der Waals surface area (Å²) in [5, 5.41) is 4.48. The van der Waals surface area contributed by atoms with Crippen molar-refractivity contribution in [1.29, 1.82) is 0 Å². The van der Waals surface area contributed by atoms with Crippen molar-refractivity contribution in [3.63, 3.8) is 0 Å². The van der Waals surface area contributed by atoms with E-state index in [1.165, 1.54) is 24.8 Å². The van der Waals surface area contributed by atoms with Gasteiger partial charge in [0.15, 0.2) is 0 Å². The molecule has 6 heteroatoms. The monoisotopic (exact) mass is 425 g/mol. The molecule has 0 spiro atoms. The van der Waals surface area contributed by atoms with E-state index in [1.807, 2.05) is 44.3 Å². The molecule has 0 saturated carbocycles. The van der Waals surface area contributed by atoms with E-state index in [-0.39, 0.29) is 5.54 Å². The van der Waals surface area contributed by atoms with Gasteiger partial charge in [0.05, 0.1) is 0 Å². The smallest absolute Gasteiger partial charge is 0.138 e. The first-order valence-corrected chi connectivity index (χ1v) is 11.8. The fourth-order valence-corrected chi connectivity index (χ4v) is 4.96. The summed E-state index contributed by atoms with van der Waals surface area (Å²) in [4.78, 5) is 12.0. The fourth-order valence-electron chi connectivity index (χ4n) is 4.33. The summed E-state index contributed by atoms with van der Waals surface area (Å²) in [6.45, 7) is 16.2. The minimum atomic E-state index is 0.0841. The van der Waals surface area contributed by atoms with E-state index < -0.39 is 0 Å². The zero-order valence-electron chi connectivity index (χ0n) is 18.9. The summed E-state index contributed by atoms with van der Waals surface area (Å²) in [7, 11) is 0. The predicted octanol–water partition coefficient (Wildman–Crippen LogP) is 5.97. The molecule has 4 bridgehead atoms. The Morgan fingerprint density at radius 2 is 1.97 bits per heavy atom. The molecular formula is C24H35N5S. The first-order chi connectivity index (χ1) is 14.4. The van der Waals surface area contributed by atoms with Gasteiger partial charge in [0.1, 0.15) is 16.7 Å². The van der Waals surface area contributed by atoms with Crippen LogP contribution in [0.25, 0.3) is 5.70 Å². The Labute approximate surface area is 185 Å². The van der Waals surface area contributed by atoms with Gasteiger partial charge < -0.3 is 14.9 Å². The van der Waals surface area contributed by atoms with Crippen LogP contribution in [0.1, 0.15) is 59.4 Å². The summed E-state index contributed by atoms with van der Waals surface area (Å²) < 4.78 is 3.38. The molecular weight excluding hydrogens is 390 g/mol. The van der Waals surface area contributed by atoms with Crippen LogP contribution in [0.2, 0.25) is 0 Å². The van der Waals surface area contributed by atoms with Crippen molar-refractivity contribution in [3.8, 4) is 0 Å². The lowest BCUT2D eigenvalue weighted by Gasteiger charge is -2.34. The number of rotatable bonds is 0. The third-order valence-electron chi connectivity index (χ3n) is 5.73. The molecule has 4 heterocycles. The highest BCUT2D eigenvalue weighted by atomic mass is 32.2. The van der Waals surface area contributed by atoms with Crippen LogP contribution in [0, 0.1) is 5.92 Å². The van der Waals surface area contributed by atoms with Gasteiger partial charge in [-0.25, -0.2) is 9.97 Å². The number of aromatic nitrogens is 2. The number of nitrogens with one attached hydrogen (secondary N) is 2. The van der Waals surface area contributed by atoms with Crippen LogP contribution >= 0.6 is 11.9 Å². The molecule has 162 valence electrons. The zero-order chi connectivity index (χ0) is 21.7. The lowest BCUT2D eigenvalue weighted by Crippen LogP contribution is -2.39. The van der Waals surface area contributed by atoms with E-state index in [1.54, 1.807) is 0 Å². The SMILES string of the molecule is C=C1NSc2cccc(n2)NC(C)CCC2CN(c3ncccc31)C(C)(C)C2.CC. The Bertz CT molecular complexity index is 866. The Balaban J connectivity index is 0.00000124. The van der Waals surface area contributed by atoms with Crippen molar-refractivity contribution in [2.75, 3.05) is 16.8 Å². The van der Waals surface area contributed by atoms with Crippen molar-refractivity contribution in [2.24, 2.45) is 5.92 Å². The molecule has 2 N–H and O–H groups in total. The summed E-state index contributed by atoms with van der Waals surface area (Å²) in [6.07, 6.45) is 5.39. The molecule has 5 nitrogen and oxygen atoms in total. The third kappa shape index (κ3) is 5.09. The summed E-state index contributed by atoms with van der Waals surface area (Å²) in [5.74, 6) is 2.61. The molecule has 0 amide bonds. The van der Waals surface area contributed by atoms with Gasteiger partial charge in [0.2, 0.25) is 0 Å². The van der Waals surface area contributed by atoms with Crippen LogP contribution in [-0.2, 0) is 0 Å². The number of pyridine rings is 2. The van der Waals surface area contributed by atoms with Gasteiger partial charge in [-0.05, 0) is 70.2 Å². The minimum Gasteiger partial charge on any atom is -0.368 e. The Morgan fingerprint density at radius 1 is 1.17 bits per heavy atom. The second kappa shape index (κ2) is 9.73. The maximum Gasteiger partial charge on any atom is 0.138 e. The molecule has 2 atom stereocenters. The third-order valence-corrected chi connectivity index (χ3v) is 6.52. The van der Waals surface area contributed by atoms with E-state index in [4.69, 9.17) is 9.97 Å². The average Bonchev–Trinajstić information content (AvgIpc) is 3.06. The first-order valence-electron chi connectivity index (χ1n) is 11.0. The zero-order valence-corrected chi connectivity index (χ0v) is 19.7. The van der Waals surface area contributed by atoms with Crippen molar-refractivity contribution in [1.82, 2.24) is 14.7 Å². The molecule has 2 aromatic heterocycles. The molecule has 2 aliphatic rings. The number of hydrogen-bond acceptors (Lipinski definition) is 6. The van der Waals surface area contributed by atoms with E-state index in [9.17, 15) is 0 Å². The van der Waals surface area contributed by atoms with Gasteiger partial charge in [-0.15, -0.1) is 0 Å². The quantitative estimate of drug-likeness (QED) is 0.507. The minimum absolute atomic E-state index is 0.0841. The summed E-state index contributed by atoms with van der Waals surface area (Å²) >= 11 is 1.49. The van der Waals surface area contributed by atoms with Gasteiger partial charge in [0, 0.05) is 47.5 Å². The van der Waals surface area contributed by atoms with Gasteiger partial charge in [0.25, 0.3) is 0 Å². The molecule has 2 unspecified atom stereocenters. The van der Waals surface area contributed by atoms with Crippen LogP contribution in [-0.4, -0.2) is 28.1 Å². The lowest BCUT2D eigenvalue weighted by atomic mass is 9.92. The Kier molecular flexibility index (Phi) is 7.29. The molecule has 30 heavy (non-hydrogen) atoms. The number of hydrogen-bond donors (Lipinski definition) is 2. The second-order valence-corrected chi connectivity index (χ2v) is 9.36. The number of nitrogens with zero attached hydrogens (tertiary/aromatic N) is 3. The highest BCUT2D eigenvalue weighted by Gasteiger charge is 2.39. The Morgan fingerprint density at radius 3 is 2.77 bits per heavy atom. The fraction of sp³-hybridized carbons (Fsp3) is 0.500. The maximum atomic E-state index is 4.76. The van der Waals surface area contributed by atoms with Gasteiger partial charge >= 0.3 is 0 Å². The molecule has 2 aliphatic heterocycles. The average molecular weight is 426 g/mol. The van der Waals surface area contributed by atoms with Crippen molar-refractivity contribution >= 4 is 29.3 Å². The highest BCUT2D eigenvalue weighted by Crippen LogP contribution is 2.40. The largest absolute Gasteiger partial charge is 0.368 e. The molecule has 1 saturated heterocycles. The molecule has 0 radical (unpaired) electrons. The van der Waals surface area contributed by atoms with Gasteiger partial charge in [-0.3, -0.25) is 0 Å². The highest BCUT2D eigenvalue weighted by molar-refractivity contribution is 7.97. The van der Waals surface area contributed by atoms with E-state index in [0.29, 0.717) is 12.0 Å². The number of anilines is 2. The summed E-state index contributed by atoms with van der Waals surface area (Å²) in [6, 6.07) is 10.6. The Hall–Kier alpha value is -2.21. The topological polar surface area (TPSA) is 53.1 Å². The molecule has 0 aromatic carbocycles. The van der Waals surface area contributed by atoms with Crippen molar-refractivity contribution in [2.45, 2.75) is 70.5 Å². The van der Waals surface area contributed by atoms with E-state index in [2.05, 4.69) is 48.4 Å². The van der Waals surface area contributed by atoms with Gasteiger partial charge in [-0.2, -0.15) is 0 Å². The lowest BCUT2D eigenvalue weighted by molar-refractivity contribution is 0.437. The maximum absolute atomic E-state index is 4.76. The normalized spacial score (nSPS) is 23.0. The summed E-state index contributed by atoms with van der Waals surface area (Å²) in [5.41, 5.74) is 2.00. The van der Waals surface area contributed by atoms with Crippen LogP contribution < -0.4 is 14.9 Å². The predicted molar refractivity (Wildman–Crippen MR) is 130 cm³/mol. The van der Waals surface area contributed by atoms with Crippen LogP contribution in [0.4, 0.5) is 11.6 Å².